The maximum Gasteiger partial charge on any atom is 0.122 e. The Morgan fingerprint density at radius 3 is 3.18 bits per heavy atom. The molecule has 0 radical (unpaired) electrons. The fourth-order valence-corrected chi connectivity index (χ4v) is 2.31. The van der Waals surface area contributed by atoms with Crippen molar-refractivity contribution in [3.05, 3.63) is 23.9 Å². The number of fused-ring (bicyclic) bond motifs is 1. The molecule has 1 unspecified atom stereocenters. The van der Waals surface area contributed by atoms with E-state index < -0.39 is 0 Å². The maximum atomic E-state index is 5.96. The van der Waals surface area contributed by atoms with Crippen LogP contribution in [-0.4, -0.2) is 29.4 Å². The Kier molecular flexibility index (Phi) is 2.73. The Labute approximate surface area is 100 Å². The lowest BCUT2D eigenvalue weighted by Gasteiger charge is -2.23. The van der Waals surface area contributed by atoms with Gasteiger partial charge in [0.15, 0.2) is 0 Å². The summed E-state index contributed by atoms with van der Waals surface area (Å²) in [5.74, 6) is 0.915. The van der Waals surface area contributed by atoms with Gasteiger partial charge in [0, 0.05) is 23.7 Å². The zero-order valence-corrected chi connectivity index (χ0v) is 9.99. The molecule has 90 valence electrons. The third kappa shape index (κ3) is 2.13. The summed E-state index contributed by atoms with van der Waals surface area (Å²) in [6, 6.07) is 6.10. The number of nitrogens with zero attached hydrogens (tertiary/aromatic N) is 1. The Morgan fingerprint density at radius 2 is 2.35 bits per heavy atom. The van der Waals surface area contributed by atoms with Gasteiger partial charge in [0.25, 0.3) is 0 Å². The van der Waals surface area contributed by atoms with Gasteiger partial charge in [-0.1, -0.05) is 0 Å². The molecule has 2 heterocycles. The number of nitrogens with one attached hydrogen (secondary N) is 2. The van der Waals surface area contributed by atoms with Crippen LogP contribution in [0.2, 0.25) is 0 Å². The van der Waals surface area contributed by atoms with Crippen molar-refractivity contribution in [2.45, 2.75) is 25.9 Å². The minimum Gasteiger partial charge on any atom is -0.489 e. The first-order chi connectivity index (χ1) is 8.33. The maximum absolute atomic E-state index is 5.96. The Bertz CT molecular complexity index is 514. The molecule has 0 saturated carbocycles. The van der Waals surface area contributed by atoms with Crippen LogP contribution in [0.1, 0.15) is 18.5 Å². The first-order valence-electron chi connectivity index (χ1n) is 6.15. The van der Waals surface area contributed by atoms with Crippen molar-refractivity contribution in [3.8, 4) is 5.75 Å². The average Bonchev–Trinajstić information content (AvgIpc) is 2.72. The molecule has 1 aliphatic heterocycles. The van der Waals surface area contributed by atoms with Crippen molar-refractivity contribution in [1.29, 1.82) is 0 Å². The fourth-order valence-electron chi connectivity index (χ4n) is 2.31. The van der Waals surface area contributed by atoms with E-state index in [1.54, 1.807) is 0 Å². The van der Waals surface area contributed by atoms with Gasteiger partial charge in [-0.05, 0) is 38.4 Å². The van der Waals surface area contributed by atoms with Crippen molar-refractivity contribution in [2.24, 2.45) is 0 Å². The van der Waals surface area contributed by atoms with Crippen LogP contribution in [0, 0.1) is 6.92 Å². The van der Waals surface area contributed by atoms with Crippen molar-refractivity contribution in [2.75, 3.05) is 13.1 Å². The van der Waals surface area contributed by atoms with Crippen LogP contribution in [0.25, 0.3) is 10.9 Å². The number of aromatic amines is 1. The smallest absolute Gasteiger partial charge is 0.122 e. The lowest BCUT2D eigenvalue weighted by molar-refractivity contribution is 0.167. The molecule has 2 N–H and O–H groups in total. The van der Waals surface area contributed by atoms with Crippen LogP contribution in [0.3, 0.4) is 0 Å². The monoisotopic (exact) mass is 231 g/mol. The largest absolute Gasteiger partial charge is 0.489 e. The van der Waals surface area contributed by atoms with Crippen LogP contribution in [0.15, 0.2) is 18.2 Å². The highest BCUT2D eigenvalue weighted by atomic mass is 16.5. The Hall–Kier alpha value is -1.55. The molecule has 17 heavy (non-hydrogen) atoms. The fraction of sp³-hybridized carbons (Fsp3) is 0.462. The van der Waals surface area contributed by atoms with Crippen molar-refractivity contribution < 1.29 is 4.74 Å². The summed E-state index contributed by atoms with van der Waals surface area (Å²) >= 11 is 0. The summed E-state index contributed by atoms with van der Waals surface area (Å²) in [6.45, 7) is 4.08. The number of H-pyrrole nitrogens is 1. The molecule has 1 aromatic heterocycles. The predicted molar refractivity (Wildman–Crippen MR) is 67.4 cm³/mol. The molecule has 1 aromatic carbocycles. The highest BCUT2D eigenvalue weighted by Gasteiger charge is 2.14. The van der Waals surface area contributed by atoms with Gasteiger partial charge in [-0.25, -0.2) is 0 Å². The molecular formula is C13H17N3O. The van der Waals surface area contributed by atoms with Gasteiger partial charge in [-0.2, -0.15) is 5.10 Å². The zero-order valence-electron chi connectivity index (χ0n) is 9.99. The highest BCUT2D eigenvalue weighted by molar-refractivity contribution is 5.82. The third-order valence-electron chi connectivity index (χ3n) is 3.27. The first kappa shape index (κ1) is 10.6. The molecule has 4 nitrogen and oxygen atoms in total. The van der Waals surface area contributed by atoms with E-state index in [-0.39, 0.29) is 0 Å². The molecule has 0 amide bonds. The van der Waals surface area contributed by atoms with E-state index in [2.05, 4.69) is 21.6 Å². The van der Waals surface area contributed by atoms with Gasteiger partial charge in [0.1, 0.15) is 11.9 Å². The lowest BCUT2D eigenvalue weighted by atomic mass is 10.1. The zero-order chi connectivity index (χ0) is 11.7. The molecular weight excluding hydrogens is 214 g/mol. The molecule has 0 bridgehead atoms. The van der Waals surface area contributed by atoms with E-state index in [4.69, 9.17) is 4.74 Å². The number of ether oxygens (including phenoxy) is 1. The van der Waals surface area contributed by atoms with Gasteiger partial charge >= 0.3 is 0 Å². The Morgan fingerprint density at radius 1 is 1.41 bits per heavy atom. The van der Waals surface area contributed by atoms with E-state index in [0.29, 0.717) is 6.10 Å². The Balaban J connectivity index is 1.80. The minimum atomic E-state index is 0.293. The van der Waals surface area contributed by atoms with Crippen LogP contribution in [-0.2, 0) is 0 Å². The topological polar surface area (TPSA) is 49.9 Å². The van der Waals surface area contributed by atoms with Gasteiger partial charge < -0.3 is 10.1 Å². The van der Waals surface area contributed by atoms with E-state index in [1.165, 1.54) is 11.8 Å². The molecule has 1 aliphatic rings. The number of piperidine rings is 1. The van der Waals surface area contributed by atoms with Crippen molar-refractivity contribution >= 4 is 10.9 Å². The van der Waals surface area contributed by atoms with Crippen LogP contribution >= 0.6 is 0 Å². The summed E-state index contributed by atoms with van der Waals surface area (Å²) in [7, 11) is 0. The normalized spacial score (nSPS) is 20.6. The minimum absolute atomic E-state index is 0.293. The van der Waals surface area contributed by atoms with Gasteiger partial charge in [-0.3, -0.25) is 5.10 Å². The summed E-state index contributed by atoms with van der Waals surface area (Å²) in [5, 5.41) is 11.8. The summed E-state index contributed by atoms with van der Waals surface area (Å²) in [6.07, 6.45) is 2.61. The standard InChI is InChI=1S/C13H17N3O/c1-9-12-5-4-10(7-13(12)16-15-9)17-11-3-2-6-14-8-11/h4-5,7,11,14H,2-3,6,8H2,1H3,(H,15,16). The van der Waals surface area contributed by atoms with E-state index >= 15 is 0 Å². The third-order valence-corrected chi connectivity index (χ3v) is 3.27. The molecule has 4 heteroatoms. The quantitative estimate of drug-likeness (QED) is 0.831. The molecule has 3 rings (SSSR count). The number of aryl methyl sites for hydroxylation is 1. The highest BCUT2D eigenvalue weighted by Crippen LogP contribution is 2.23. The van der Waals surface area contributed by atoms with E-state index in [1.807, 2.05) is 19.1 Å². The summed E-state index contributed by atoms with van der Waals surface area (Å²) in [4.78, 5) is 0. The van der Waals surface area contributed by atoms with E-state index in [9.17, 15) is 0 Å². The van der Waals surface area contributed by atoms with E-state index in [0.717, 1.165) is 36.5 Å². The molecule has 0 spiro atoms. The molecule has 0 aliphatic carbocycles. The van der Waals surface area contributed by atoms with Crippen LogP contribution in [0.5, 0.6) is 5.75 Å². The molecule has 1 saturated heterocycles. The first-order valence-corrected chi connectivity index (χ1v) is 6.15. The second-order valence-electron chi connectivity index (χ2n) is 4.61. The lowest BCUT2D eigenvalue weighted by Crippen LogP contribution is -2.37. The average molecular weight is 231 g/mol. The summed E-state index contributed by atoms with van der Waals surface area (Å²) < 4.78 is 5.96. The number of hydrogen-bond donors (Lipinski definition) is 2. The molecule has 1 atom stereocenters. The second-order valence-corrected chi connectivity index (χ2v) is 4.61. The number of benzene rings is 1. The van der Waals surface area contributed by atoms with Gasteiger partial charge in [0.2, 0.25) is 0 Å². The predicted octanol–water partition coefficient (Wildman–Crippen LogP) is 2.00. The SMILES string of the molecule is Cc1[nH]nc2cc(OC3CCCNC3)ccc12. The van der Waals surface area contributed by atoms with Gasteiger partial charge in [0.05, 0.1) is 5.52 Å². The number of rotatable bonds is 2. The van der Waals surface area contributed by atoms with Crippen molar-refractivity contribution in [1.82, 2.24) is 15.5 Å². The second kappa shape index (κ2) is 4.37. The van der Waals surface area contributed by atoms with Gasteiger partial charge in [-0.15, -0.1) is 0 Å². The number of hydrogen-bond acceptors (Lipinski definition) is 3. The molecule has 1 fully saturated rings. The van der Waals surface area contributed by atoms with Crippen molar-refractivity contribution in [3.63, 3.8) is 0 Å². The van der Waals surface area contributed by atoms with Crippen LogP contribution < -0.4 is 10.1 Å². The summed E-state index contributed by atoms with van der Waals surface area (Å²) in [5.41, 5.74) is 2.08. The number of aromatic nitrogens is 2. The van der Waals surface area contributed by atoms with Crippen LogP contribution in [0.4, 0.5) is 0 Å². The molecule has 2 aromatic rings.